The van der Waals surface area contributed by atoms with Gasteiger partial charge in [0.25, 0.3) is 5.91 Å². The lowest BCUT2D eigenvalue weighted by Crippen LogP contribution is -2.42. The van der Waals surface area contributed by atoms with Gasteiger partial charge in [-0.05, 0) is 30.2 Å². The molecule has 0 radical (unpaired) electrons. The van der Waals surface area contributed by atoms with E-state index < -0.39 is 24.5 Å². The van der Waals surface area contributed by atoms with Crippen LogP contribution < -0.4 is 10.6 Å². The van der Waals surface area contributed by atoms with E-state index in [0.29, 0.717) is 22.5 Å². The highest BCUT2D eigenvalue weighted by atomic mass is 35.5. The van der Waals surface area contributed by atoms with Crippen molar-refractivity contribution in [1.29, 1.82) is 0 Å². The Morgan fingerprint density at radius 1 is 1.25 bits per heavy atom. The number of furan rings is 1. The van der Waals surface area contributed by atoms with Crippen LogP contribution in [0.4, 0.5) is 4.79 Å². The number of nitrogens with one attached hydrogen (secondary N) is 2. The third-order valence-electron chi connectivity index (χ3n) is 2.94. The molecule has 1 aromatic heterocycles. The first-order chi connectivity index (χ1) is 11.3. The Kier molecular flexibility index (Phi) is 5.81. The summed E-state index contributed by atoms with van der Waals surface area (Å²) in [6.07, 6.45) is 0. The van der Waals surface area contributed by atoms with Crippen molar-refractivity contribution in [3.05, 3.63) is 35.0 Å². The van der Waals surface area contributed by atoms with Crippen molar-refractivity contribution in [2.75, 3.05) is 13.2 Å². The molecule has 1 heterocycles. The summed E-state index contributed by atoms with van der Waals surface area (Å²) in [5.74, 6) is -1.33. The Hall–Kier alpha value is -2.54. The lowest BCUT2D eigenvalue weighted by molar-refractivity contribution is -0.123. The summed E-state index contributed by atoms with van der Waals surface area (Å²) in [6, 6.07) is 5.73. The number of halogens is 1. The molecule has 0 aliphatic heterocycles. The number of ether oxygens (including phenoxy) is 1. The van der Waals surface area contributed by atoms with Crippen LogP contribution in [-0.2, 0) is 9.53 Å². The molecule has 0 aliphatic rings. The van der Waals surface area contributed by atoms with E-state index in [2.05, 4.69) is 10.6 Å². The normalized spacial score (nSPS) is 10.7. The molecule has 0 atom stereocenters. The van der Waals surface area contributed by atoms with Gasteiger partial charge in [-0.15, -0.1) is 0 Å². The zero-order valence-electron chi connectivity index (χ0n) is 13.2. The molecule has 3 amide bonds. The molecule has 0 saturated heterocycles. The molecule has 2 rings (SSSR count). The number of carbonyl (C=O) groups is 3. The number of benzene rings is 1. The molecule has 0 unspecified atom stereocenters. The molecular weight excluding hydrogens is 336 g/mol. The molecule has 0 saturated carbocycles. The van der Waals surface area contributed by atoms with Gasteiger partial charge < -0.3 is 14.5 Å². The average Bonchev–Trinajstić information content (AvgIpc) is 2.93. The summed E-state index contributed by atoms with van der Waals surface area (Å²) in [7, 11) is 0. The fraction of sp³-hybridized carbons (Fsp3) is 0.312. The van der Waals surface area contributed by atoms with Gasteiger partial charge in [-0.2, -0.15) is 0 Å². The number of rotatable bonds is 5. The molecule has 0 bridgehead atoms. The molecule has 128 valence electrons. The SMILES string of the molecule is CC(C)CNC(=O)NC(=O)COC(=O)c1cc2cc(Cl)ccc2o1. The fourth-order valence-electron chi connectivity index (χ4n) is 1.82. The maximum Gasteiger partial charge on any atom is 0.374 e. The lowest BCUT2D eigenvalue weighted by atomic mass is 10.2. The summed E-state index contributed by atoms with van der Waals surface area (Å²) in [4.78, 5) is 34.8. The van der Waals surface area contributed by atoms with Crippen molar-refractivity contribution in [2.45, 2.75) is 13.8 Å². The van der Waals surface area contributed by atoms with Gasteiger partial charge in [0.05, 0.1) is 0 Å². The van der Waals surface area contributed by atoms with Crippen molar-refractivity contribution in [1.82, 2.24) is 10.6 Å². The zero-order valence-corrected chi connectivity index (χ0v) is 14.0. The molecule has 0 fully saturated rings. The first-order valence-electron chi connectivity index (χ1n) is 7.29. The fourth-order valence-corrected chi connectivity index (χ4v) is 2.00. The van der Waals surface area contributed by atoms with E-state index in [1.54, 1.807) is 18.2 Å². The van der Waals surface area contributed by atoms with Gasteiger partial charge in [0.2, 0.25) is 5.76 Å². The smallest absolute Gasteiger partial charge is 0.374 e. The molecule has 8 heteroatoms. The predicted molar refractivity (Wildman–Crippen MR) is 87.9 cm³/mol. The summed E-state index contributed by atoms with van der Waals surface area (Å²) < 4.78 is 10.1. The van der Waals surface area contributed by atoms with Crippen LogP contribution in [0.2, 0.25) is 5.02 Å². The van der Waals surface area contributed by atoms with Crippen molar-refractivity contribution < 1.29 is 23.5 Å². The number of urea groups is 1. The standard InChI is InChI=1S/C16H17ClN2O5/c1-9(2)7-18-16(22)19-14(20)8-23-15(21)13-6-10-5-11(17)3-4-12(10)24-13/h3-6,9H,7-8H2,1-2H3,(H2,18,19,20,22). The number of carbonyl (C=O) groups excluding carboxylic acids is 3. The van der Waals surface area contributed by atoms with Crippen molar-refractivity contribution in [3.63, 3.8) is 0 Å². The lowest BCUT2D eigenvalue weighted by Gasteiger charge is -2.08. The number of hydrogen-bond acceptors (Lipinski definition) is 5. The van der Waals surface area contributed by atoms with Crippen molar-refractivity contribution in [2.24, 2.45) is 5.92 Å². The number of hydrogen-bond donors (Lipinski definition) is 2. The largest absolute Gasteiger partial charge is 0.450 e. The van der Waals surface area contributed by atoms with E-state index in [4.69, 9.17) is 20.8 Å². The minimum Gasteiger partial charge on any atom is -0.450 e. The third kappa shape index (κ3) is 4.99. The summed E-state index contributed by atoms with van der Waals surface area (Å²) >= 11 is 5.86. The quantitative estimate of drug-likeness (QED) is 0.806. The summed E-state index contributed by atoms with van der Waals surface area (Å²) in [6.45, 7) is 3.68. The second-order valence-electron chi connectivity index (χ2n) is 5.52. The molecule has 1 aromatic carbocycles. The van der Waals surface area contributed by atoms with E-state index in [0.717, 1.165) is 0 Å². The highest BCUT2D eigenvalue weighted by Gasteiger charge is 2.16. The average molecular weight is 353 g/mol. The van der Waals surface area contributed by atoms with Gasteiger partial charge in [-0.25, -0.2) is 9.59 Å². The zero-order chi connectivity index (χ0) is 17.7. The van der Waals surface area contributed by atoms with Crippen LogP contribution in [0.25, 0.3) is 11.0 Å². The molecule has 7 nitrogen and oxygen atoms in total. The molecule has 2 aromatic rings. The Morgan fingerprint density at radius 3 is 2.71 bits per heavy atom. The third-order valence-corrected chi connectivity index (χ3v) is 3.17. The predicted octanol–water partition coefficient (Wildman–Crippen LogP) is 2.72. The van der Waals surface area contributed by atoms with Crippen LogP contribution in [0.1, 0.15) is 24.4 Å². The maximum atomic E-state index is 11.9. The highest BCUT2D eigenvalue weighted by Crippen LogP contribution is 2.23. The second-order valence-corrected chi connectivity index (χ2v) is 5.96. The monoisotopic (exact) mass is 352 g/mol. The number of amides is 3. The first-order valence-corrected chi connectivity index (χ1v) is 7.67. The molecule has 0 aliphatic carbocycles. The van der Waals surface area contributed by atoms with Crippen LogP contribution in [0.5, 0.6) is 0 Å². The van der Waals surface area contributed by atoms with E-state index in [1.807, 2.05) is 13.8 Å². The number of imide groups is 1. The van der Waals surface area contributed by atoms with Gasteiger partial charge >= 0.3 is 12.0 Å². The van der Waals surface area contributed by atoms with E-state index in [-0.39, 0.29) is 11.7 Å². The molecule has 24 heavy (non-hydrogen) atoms. The van der Waals surface area contributed by atoms with E-state index in [9.17, 15) is 14.4 Å². The van der Waals surface area contributed by atoms with Crippen LogP contribution in [-0.4, -0.2) is 31.1 Å². The van der Waals surface area contributed by atoms with Gasteiger partial charge in [0.1, 0.15) is 5.58 Å². The Bertz CT molecular complexity index is 769. The Labute approximate surface area is 143 Å². The number of fused-ring (bicyclic) bond motifs is 1. The molecule has 0 spiro atoms. The topological polar surface area (TPSA) is 97.6 Å². The van der Waals surface area contributed by atoms with Gasteiger partial charge in [-0.3, -0.25) is 10.1 Å². The minimum atomic E-state index is -0.805. The first kappa shape index (κ1) is 17.8. The summed E-state index contributed by atoms with van der Waals surface area (Å²) in [5, 5.41) is 5.73. The molecular formula is C16H17ClN2O5. The van der Waals surface area contributed by atoms with Crippen LogP contribution in [0.3, 0.4) is 0 Å². The second kappa shape index (κ2) is 7.83. The van der Waals surface area contributed by atoms with Crippen LogP contribution in [0, 0.1) is 5.92 Å². The highest BCUT2D eigenvalue weighted by molar-refractivity contribution is 6.31. The Balaban J connectivity index is 1.85. The minimum absolute atomic E-state index is 0.0516. The van der Waals surface area contributed by atoms with Gasteiger partial charge in [0, 0.05) is 17.0 Å². The molecule has 2 N–H and O–H groups in total. The van der Waals surface area contributed by atoms with Crippen molar-refractivity contribution >= 4 is 40.5 Å². The van der Waals surface area contributed by atoms with Gasteiger partial charge in [-0.1, -0.05) is 25.4 Å². The Morgan fingerprint density at radius 2 is 2.00 bits per heavy atom. The number of esters is 1. The maximum absolute atomic E-state index is 11.9. The van der Waals surface area contributed by atoms with Crippen molar-refractivity contribution in [3.8, 4) is 0 Å². The summed E-state index contributed by atoms with van der Waals surface area (Å²) in [5.41, 5.74) is 0.476. The van der Waals surface area contributed by atoms with E-state index in [1.165, 1.54) is 6.07 Å². The van der Waals surface area contributed by atoms with E-state index >= 15 is 0 Å². The van der Waals surface area contributed by atoms with Gasteiger partial charge in [0.15, 0.2) is 6.61 Å². The van der Waals surface area contributed by atoms with Crippen LogP contribution >= 0.6 is 11.6 Å². The van der Waals surface area contributed by atoms with Crippen LogP contribution in [0.15, 0.2) is 28.7 Å².